The van der Waals surface area contributed by atoms with Crippen LogP contribution in [-0.4, -0.2) is 107 Å². The number of ether oxygens (including phenoxy) is 1. The van der Waals surface area contributed by atoms with E-state index in [9.17, 15) is 9.59 Å². The number of carbonyl (C=O) groups is 2. The number of hydrogen-bond acceptors (Lipinski definition) is 10. The molecule has 1 aromatic heterocycles. The van der Waals surface area contributed by atoms with Crippen molar-refractivity contribution in [3.8, 4) is 5.75 Å². The predicted octanol–water partition coefficient (Wildman–Crippen LogP) is 2.75. The van der Waals surface area contributed by atoms with Crippen LogP contribution in [0, 0.1) is 0 Å². The molecule has 2 aromatic rings. The van der Waals surface area contributed by atoms with Crippen molar-refractivity contribution in [1.82, 2.24) is 30.0 Å². The van der Waals surface area contributed by atoms with E-state index in [1.165, 1.54) is 0 Å². The van der Waals surface area contributed by atoms with E-state index in [4.69, 9.17) is 27.8 Å². The number of nitrogens with zero attached hydrogens (tertiary/aromatic N) is 6. The van der Waals surface area contributed by atoms with Crippen molar-refractivity contribution in [2.75, 3.05) is 68.8 Å². The molecular weight excluding hydrogens is 594 g/mol. The molecule has 4 heterocycles. The number of rotatable bonds is 11. The Morgan fingerprint density at radius 1 is 1.09 bits per heavy atom. The highest BCUT2D eigenvalue weighted by Crippen LogP contribution is 2.31. The Hall–Kier alpha value is -3.35. The first-order valence-electron chi connectivity index (χ1n) is 16.4. The standard InChI is InChI=1S/C32H46ClN9O3/c1-2-24-20-41(31-29(33)37-28(30(35)38-31)32(44)36-23-7-8-23)14-15-42(24)25-9-12-39(13-10-25)19-21-5-6-22(34)18-26(21)45-17-16-40-11-3-4-27(40)43/h5-6,18,23-25H,2-4,7-17,19-20,34H2,1H3,(H2,35,38)(H,36,44)/t24-/m0/s1. The maximum atomic E-state index is 12.5. The molecule has 0 radical (unpaired) electrons. The highest BCUT2D eigenvalue weighted by Gasteiger charge is 2.35. The summed E-state index contributed by atoms with van der Waals surface area (Å²) in [5, 5.41) is 3.13. The number of aromatic nitrogens is 2. The third-order valence-electron chi connectivity index (χ3n) is 9.59. The van der Waals surface area contributed by atoms with E-state index in [1.54, 1.807) is 0 Å². The fourth-order valence-electron chi connectivity index (χ4n) is 6.87. The molecular formula is C32H46ClN9O3. The first-order valence-corrected chi connectivity index (χ1v) is 16.8. The number of hydrogen-bond donors (Lipinski definition) is 3. The van der Waals surface area contributed by atoms with Crippen molar-refractivity contribution in [1.29, 1.82) is 0 Å². The van der Waals surface area contributed by atoms with Gasteiger partial charge in [0.25, 0.3) is 5.91 Å². The number of piperidine rings is 1. The number of piperazine rings is 1. The summed E-state index contributed by atoms with van der Waals surface area (Å²) in [6.45, 7) is 9.41. The fourth-order valence-corrected chi connectivity index (χ4v) is 7.11. The Morgan fingerprint density at radius 2 is 1.89 bits per heavy atom. The number of halogens is 1. The summed E-state index contributed by atoms with van der Waals surface area (Å²) in [7, 11) is 0. The molecule has 4 aliphatic rings. The van der Waals surface area contributed by atoms with Gasteiger partial charge < -0.3 is 31.3 Å². The van der Waals surface area contributed by atoms with Gasteiger partial charge in [-0.05, 0) is 57.7 Å². The van der Waals surface area contributed by atoms with Gasteiger partial charge in [-0.2, -0.15) is 0 Å². The molecule has 0 unspecified atom stereocenters. The lowest BCUT2D eigenvalue weighted by atomic mass is 9.97. The molecule has 6 rings (SSSR count). The van der Waals surface area contributed by atoms with Crippen LogP contribution in [0.2, 0.25) is 5.15 Å². The second kappa shape index (κ2) is 14.0. The number of nitrogens with two attached hydrogens (primary N) is 2. The molecule has 2 amide bonds. The maximum absolute atomic E-state index is 12.5. The summed E-state index contributed by atoms with van der Waals surface area (Å²) in [5.74, 6) is 1.39. The molecule has 1 saturated carbocycles. The molecule has 12 nitrogen and oxygen atoms in total. The van der Waals surface area contributed by atoms with Crippen molar-refractivity contribution >= 4 is 40.7 Å². The maximum Gasteiger partial charge on any atom is 0.274 e. The number of carbonyl (C=O) groups excluding carboxylic acids is 2. The largest absolute Gasteiger partial charge is 0.491 e. The van der Waals surface area contributed by atoms with Crippen LogP contribution in [0.5, 0.6) is 5.75 Å². The highest BCUT2D eigenvalue weighted by atomic mass is 35.5. The average molecular weight is 640 g/mol. The van der Waals surface area contributed by atoms with Gasteiger partial charge in [0.05, 0.1) is 6.54 Å². The van der Waals surface area contributed by atoms with Crippen LogP contribution >= 0.6 is 11.6 Å². The number of amides is 2. The number of anilines is 3. The summed E-state index contributed by atoms with van der Waals surface area (Å²) < 4.78 is 6.15. The zero-order valence-electron chi connectivity index (χ0n) is 26.2. The van der Waals surface area contributed by atoms with Crippen LogP contribution in [0.3, 0.4) is 0 Å². The summed E-state index contributed by atoms with van der Waals surface area (Å²) >= 11 is 6.57. The van der Waals surface area contributed by atoms with Crippen molar-refractivity contribution in [2.45, 2.75) is 76.5 Å². The van der Waals surface area contributed by atoms with Gasteiger partial charge in [-0.15, -0.1) is 0 Å². The van der Waals surface area contributed by atoms with Gasteiger partial charge in [0, 0.05) is 74.6 Å². The van der Waals surface area contributed by atoms with Crippen LogP contribution < -0.4 is 26.4 Å². The first kappa shape index (κ1) is 31.6. The Labute approximate surface area is 270 Å². The predicted molar refractivity (Wildman–Crippen MR) is 175 cm³/mol. The molecule has 3 saturated heterocycles. The molecule has 4 fully saturated rings. The second-order valence-electron chi connectivity index (χ2n) is 12.8. The first-order chi connectivity index (χ1) is 21.8. The Balaban J connectivity index is 1.02. The summed E-state index contributed by atoms with van der Waals surface area (Å²) in [5.41, 5.74) is 14.2. The van der Waals surface area contributed by atoms with E-state index >= 15 is 0 Å². The molecule has 244 valence electrons. The zero-order chi connectivity index (χ0) is 31.5. The smallest absolute Gasteiger partial charge is 0.274 e. The minimum absolute atomic E-state index is 0.101. The summed E-state index contributed by atoms with van der Waals surface area (Å²) in [6, 6.07) is 6.97. The van der Waals surface area contributed by atoms with Gasteiger partial charge in [0.1, 0.15) is 12.4 Å². The fraction of sp³-hybridized carbons (Fsp3) is 0.625. The van der Waals surface area contributed by atoms with E-state index in [2.05, 4.69) is 43.0 Å². The lowest BCUT2D eigenvalue weighted by Crippen LogP contribution is -2.58. The van der Waals surface area contributed by atoms with Gasteiger partial charge in [-0.1, -0.05) is 24.6 Å². The number of benzene rings is 1. The molecule has 45 heavy (non-hydrogen) atoms. The minimum atomic E-state index is -0.311. The molecule has 1 aromatic carbocycles. The molecule has 5 N–H and O–H groups in total. The van der Waals surface area contributed by atoms with Crippen molar-refractivity contribution in [3.63, 3.8) is 0 Å². The van der Waals surface area contributed by atoms with Gasteiger partial charge in [0.2, 0.25) is 5.91 Å². The minimum Gasteiger partial charge on any atom is -0.491 e. The van der Waals surface area contributed by atoms with Gasteiger partial charge in [0.15, 0.2) is 22.5 Å². The van der Waals surface area contributed by atoms with E-state index in [1.807, 2.05) is 17.0 Å². The van der Waals surface area contributed by atoms with Crippen LogP contribution in [0.25, 0.3) is 0 Å². The molecule has 3 aliphatic heterocycles. The van der Waals surface area contributed by atoms with Crippen molar-refractivity contribution < 1.29 is 14.3 Å². The molecule has 1 aliphatic carbocycles. The van der Waals surface area contributed by atoms with Gasteiger partial charge in [-0.3, -0.25) is 19.4 Å². The van der Waals surface area contributed by atoms with E-state index in [0.717, 1.165) is 95.7 Å². The Bertz CT molecular complexity index is 1380. The van der Waals surface area contributed by atoms with Crippen LogP contribution in [0.15, 0.2) is 18.2 Å². The quantitative estimate of drug-likeness (QED) is 0.314. The number of likely N-dealkylation sites (tertiary alicyclic amines) is 2. The normalized spacial score (nSPS) is 21.8. The SMILES string of the molecule is CC[C@H]1CN(c2nc(N)c(C(=O)NC3CC3)nc2Cl)CCN1C1CCN(Cc2ccc(N)cc2OCCN2CCCC2=O)CC1. The van der Waals surface area contributed by atoms with E-state index < -0.39 is 0 Å². The molecule has 0 bridgehead atoms. The van der Waals surface area contributed by atoms with Gasteiger partial charge in [-0.25, -0.2) is 9.97 Å². The Kier molecular flexibility index (Phi) is 9.81. The highest BCUT2D eigenvalue weighted by molar-refractivity contribution is 6.32. The summed E-state index contributed by atoms with van der Waals surface area (Å²) in [6.07, 6.45) is 6.73. The van der Waals surface area contributed by atoms with Crippen LogP contribution in [0.4, 0.5) is 17.3 Å². The molecule has 1 atom stereocenters. The number of nitrogen functional groups attached to an aromatic ring is 2. The lowest BCUT2D eigenvalue weighted by Gasteiger charge is -2.47. The van der Waals surface area contributed by atoms with Gasteiger partial charge >= 0.3 is 0 Å². The van der Waals surface area contributed by atoms with Crippen LogP contribution in [0.1, 0.15) is 67.9 Å². The van der Waals surface area contributed by atoms with Crippen molar-refractivity contribution in [2.24, 2.45) is 0 Å². The van der Waals surface area contributed by atoms with E-state index in [0.29, 0.717) is 43.2 Å². The number of nitrogens with one attached hydrogen (secondary N) is 1. The topological polar surface area (TPSA) is 146 Å². The van der Waals surface area contributed by atoms with Crippen molar-refractivity contribution in [3.05, 3.63) is 34.6 Å². The third kappa shape index (κ3) is 7.56. The second-order valence-corrected chi connectivity index (χ2v) is 13.1. The molecule has 13 heteroatoms. The zero-order valence-corrected chi connectivity index (χ0v) is 27.0. The monoisotopic (exact) mass is 639 g/mol. The average Bonchev–Trinajstić information content (AvgIpc) is 3.77. The van der Waals surface area contributed by atoms with Crippen LogP contribution in [-0.2, 0) is 11.3 Å². The lowest BCUT2D eigenvalue weighted by molar-refractivity contribution is -0.128. The molecule has 0 spiro atoms. The Morgan fingerprint density at radius 3 is 2.60 bits per heavy atom. The summed E-state index contributed by atoms with van der Waals surface area (Å²) in [4.78, 5) is 42.6. The van der Waals surface area contributed by atoms with E-state index in [-0.39, 0.29) is 34.5 Å². The third-order valence-corrected chi connectivity index (χ3v) is 9.85.